The maximum atomic E-state index is 6.07. The summed E-state index contributed by atoms with van der Waals surface area (Å²) in [6, 6.07) is 4.09. The summed E-state index contributed by atoms with van der Waals surface area (Å²) in [6.07, 6.45) is 2.88. The molecule has 0 aromatic carbocycles. The van der Waals surface area contributed by atoms with Gasteiger partial charge in [0.1, 0.15) is 0 Å². The van der Waals surface area contributed by atoms with Crippen molar-refractivity contribution in [1.29, 1.82) is 0 Å². The van der Waals surface area contributed by atoms with Crippen molar-refractivity contribution in [3.8, 4) is 0 Å². The molecule has 0 unspecified atom stereocenters. The summed E-state index contributed by atoms with van der Waals surface area (Å²) in [5, 5.41) is 8.61. The van der Waals surface area contributed by atoms with Crippen molar-refractivity contribution in [3.05, 3.63) is 40.4 Å². The molecule has 0 aliphatic rings. The van der Waals surface area contributed by atoms with E-state index in [0.717, 1.165) is 55.0 Å². The SMILES string of the molecule is CCNC(=NCCCn1nc(C)cc1C)N(C)Cc1cc(Cl)cn1C.I. The van der Waals surface area contributed by atoms with Gasteiger partial charge in [0.15, 0.2) is 5.96 Å². The molecule has 8 heteroatoms. The van der Waals surface area contributed by atoms with Crippen LogP contribution in [0.5, 0.6) is 0 Å². The highest BCUT2D eigenvalue weighted by molar-refractivity contribution is 14.0. The topological polar surface area (TPSA) is 50.4 Å². The molecule has 0 radical (unpaired) electrons. The Labute approximate surface area is 178 Å². The minimum atomic E-state index is 0. The minimum Gasteiger partial charge on any atom is -0.357 e. The standard InChI is InChI=1S/C18H29ClN6.HI/c1-6-20-18(24(5)13-17-11-16(19)12-23(17)4)21-8-7-9-25-15(3)10-14(2)22-25;/h10-12H,6-9,13H2,1-5H3,(H,20,21);1H. The van der Waals surface area contributed by atoms with Gasteiger partial charge in [-0.25, -0.2) is 0 Å². The number of guanidine groups is 1. The van der Waals surface area contributed by atoms with Crippen molar-refractivity contribution in [2.75, 3.05) is 20.1 Å². The van der Waals surface area contributed by atoms with E-state index in [1.807, 2.05) is 42.5 Å². The molecule has 2 aromatic heterocycles. The van der Waals surface area contributed by atoms with Crippen LogP contribution < -0.4 is 5.32 Å². The summed E-state index contributed by atoms with van der Waals surface area (Å²) in [5.41, 5.74) is 3.42. The van der Waals surface area contributed by atoms with E-state index in [1.165, 1.54) is 5.69 Å². The fourth-order valence-electron chi connectivity index (χ4n) is 2.82. The molecular weight excluding hydrogens is 463 g/mol. The van der Waals surface area contributed by atoms with Gasteiger partial charge < -0.3 is 14.8 Å². The Morgan fingerprint density at radius 1 is 1.35 bits per heavy atom. The summed E-state index contributed by atoms with van der Waals surface area (Å²) in [7, 11) is 4.05. The lowest BCUT2D eigenvalue weighted by Gasteiger charge is -2.22. The third-order valence-corrected chi connectivity index (χ3v) is 4.27. The maximum absolute atomic E-state index is 6.07. The zero-order chi connectivity index (χ0) is 18.4. The van der Waals surface area contributed by atoms with Gasteiger partial charge in [-0.3, -0.25) is 9.67 Å². The van der Waals surface area contributed by atoms with E-state index < -0.39 is 0 Å². The van der Waals surface area contributed by atoms with Crippen LogP contribution in [0.4, 0.5) is 0 Å². The van der Waals surface area contributed by atoms with Gasteiger partial charge in [-0.15, -0.1) is 24.0 Å². The third kappa shape index (κ3) is 6.50. The Kier molecular flexibility index (Phi) is 9.49. The van der Waals surface area contributed by atoms with Crippen LogP contribution in [0, 0.1) is 13.8 Å². The average Bonchev–Trinajstić information content (AvgIpc) is 3.03. The summed E-state index contributed by atoms with van der Waals surface area (Å²) in [4.78, 5) is 6.87. The molecule has 146 valence electrons. The smallest absolute Gasteiger partial charge is 0.194 e. The Bertz CT molecular complexity index is 721. The Hall–Kier alpha value is -1.22. The monoisotopic (exact) mass is 492 g/mol. The first-order chi connectivity index (χ1) is 11.9. The highest BCUT2D eigenvalue weighted by Crippen LogP contribution is 2.14. The second kappa shape index (κ2) is 10.8. The van der Waals surface area contributed by atoms with Gasteiger partial charge in [0, 0.05) is 51.3 Å². The predicted molar refractivity (Wildman–Crippen MR) is 120 cm³/mol. The summed E-state index contributed by atoms with van der Waals surface area (Å²) >= 11 is 6.07. The van der Waals surface area contributed by atoms with Crippen LogP contribution in [0.15, 0.2) is 23.3 Å². The van der Waals surface area contributed by atoms with Gasteiger partial charge in [-0.2, -0.15) is 5.10 Å². The van der Waals surface area contributed by atoms with E-state index in [2.05, 4.69) is 35.2 Å². The highest BCUT2D eigenvalue weighted by Gasteiger charge is 2.09. The highest BCUT2D eigenvalue weighted by atomic mass is 127. The van der Waals surface area contributed by atoms with Crippen LogP contribution in [0.1, 0.15) is 30.4 Å². The van der Waals surface area contributed by atoms with Crippen LogP contribution in [0.25, 0.3) is 0 Å². The van der Waals surface area contributed by atoms with Crippen molar-refractivity contribution in [2.45, 2.75) is 40.3 Å². The van der Waals surface area contributed by atoms with E-state index >= 15 is 0 Å². The molecule has 0 bridgehead atoms. The number of aliphatic imine (C=N–C) groups is 1. The molecule has 0 amide bonds. The first-order valence-corrected chi connectivity index (χ1v) is 9.09. The van der Waals surface area contributed by atoms with Crippen LogP contribution in [0.3, 0.4) is 0 Å². The Morgan fingerprint density at radius 3 is 2.62 bits per heavy atom. The van der Waals surface area contributed by atoms with Crippen LogP contribution >= 0.6 is 35.6 Å². The molecule has 0 fully saturated rings. The molecule has 0 atom stereocenters. The first kappa shape index (κ1) is 22.8. The molecule has 0 saturated carbocycles. The van der Waals surface area contributed by atoms with Crippen molar-refractivity contribution >= 4 is 41.5 Å². The van der Waals surface area contributed by atoms with Crippen LogP contribution in [0.2, 0.25) is 5.02 Å². The van der Waals surface area contributed by atoms with Gasteiger partial charge >= 0.3 is 0 Å². The second-order valence-electron chi connectivity index (χ2n) is 6.36. The molecule has 0 aliphatic carbocycles. The second-order valence-corrected chi connectivity index (χ2v) is 6.79. The first-order valence-electron chi connectivity index (χ1n) is 8.72. The van der Waals surface area contributed by atoms with E-state index in [4.69, 9.17) is 16.6 Å². The zero-order valence-corrected chi connectivity index (χ0v) is 19.4. The quantitative estimate of drug-likeness (QED) is 0.278. The molecule has 0 saturated heterocycles. The van der Waals surface area contributed by atoms with Crippen molar-refractivity contribution < 1.29 is 0 Å². The van der Waals surface area contributed by atoms with Crippen molar-refractivity contribution in [1.82, 2.24) is 24.6 Å². The number of aromatic nitrogens is 3. The lowest BCUT2D eigenvalue weighted by molar-refractivity contribution is 0.460. The van der Waals surface area contributed by atoms with Crippen molar-refractivity contribution in [3.63, 3.8) is 0 Å². The Morgan fingerprint density at radius 2 is 2.08 bits per heavy atom. The van der Waals surface area contributed by atoms with Gasteiger partial charge in [0.05, 0.1) is 17.3 Å². The average molecular weight is 493 g/mol. The molecule has 26 heavy (non-hydrogen) atoms. The molecule has 2 aromatic rings. The minimum absolute atomic E-state index is 0. The van der Waals surface area contributed by atoms with Crippen LogP contribution in [-0.2, 0) is 20.1 Å². The van der Waals surface area contributed by atoms with Crippen LogP contribution in [-0.4, -0.2) is 45.3 Å². The molecular formula is C18H30ClIN6. The van der Waals surface area contributed by atoms with E-state index in [-0.39, 0.29) is 24.0 Å². The molecule has 2 rings (SSSR count). The van der Waals surface area contributed by atoms with Gasteiger partial charge in [-0.05, 0) is 39.3 Å². The van der Waals surface area contributed by atoms with Gasteiger partial charge in [0.2, 0.25) is 0 Å². The van der Waals surface area contributed by atoms with E-state index in [1.54, 1.807) is 0 Å². The number of halogens is 2. The van der Waals surface area contributed by atoms with E-state index in [9.17, 15) is 0 Å². The number of hydrogen-bond acceptors (Lipinski definition) is 2. The lowest BCUT2D eigenvalue weighted by Crippen LogP contribution is -2.39. The zero-order valence-electron chi connectivity index (χ0n) is 16.3. The van der Waals surface area contributed by atoms with Gasteiger partial charge in [-0.1, -0.05) is 11.6 Å². The fourth-order valence-corrected chi connectivity index (χ4v) is 3.09. The number of rotatable bonds is 7. The number of hydrogen-bond donors (Lipinski definition) is 1. The number of nitrogens with zero attached hydrogens (tertiary/aromatic N) is 5. The molecule has 1 N–H and O–H groups in total. The summed E-state index contributed by atoms with van der Waals surface area (Å²) in [6.45, 7) is 9.44. The maximum Gasteiger partial charge on any atom is 0.194 e. The van der Waals surface area contributed by atoms with Gasteiger partial charge in [0.25, 0.3) is 0 Å². The molecule has 6 nitrogen and oxygen atoms in total. The summed E-state index contributed by atoms with van der Waals surface area (Å²) in [5.74, 6) is 0.910. The Balaban J connectivity index is 0.00000338. The van der Waals surface area contributed by atoms with Crippen molar-refractivity contribution in [2.24, 2.45) is 12.0 Å². The number of aryl methyl sites for hydroxylation is 4. The number of nitrogens with one attached hydrogen (secondary N) is 1. The molecule has 0 aliphatic heterocycles. The normalized spacial score (nSPS) is 11.4. The summed E-state index contributed by atoms with van der Waals surface area (Å²) < 4.78 is 4.10. The molecule has 2 heterocycles. The lowest BCUT2D eigenvalue weighted by atomic mass is 10.4. The fraction of sp³-hybridized carbons (Fsp3) is 0.556. The largest absolute Gasteiger partial charge is 0.357 e. The molecule has 0 spiro atoms. The van der Waals surface area contributed by atoms with E-state index in [0.29, 0.717) is 0 Å². The third-order valence-electron chi connectivity index (χ3n) is 4.06. The predicted octanol–water partition coefficient (Wildman–Crippen LogP) is 3.60.